The molecule has 0 aliphatic heterocycles. The Bertz CT molecular complexity index is 782. The molecule has 0 saturated heterocycles. The zero-order valence-electron chi connectivity index (χ0n) is 21.3. The fourth-order valence-electron chi connectivity index (χ4n) is 9.83. The minimum atomic E-state index is -0.209. The van der Waals surface area contributed by atoms with E-state index >= 15 is 0 Å². The number of hydrogen-bond donors (Lipinski definition) is 2. The average Bonchev–Trinajstić information content (AvgIpc) is 3.16. The van der Waals surface area contributed by atoms with Crippen molar-refractivity contribution in [2.45, 2.75) is 104 Å². The van der Waals surface area contributed by atoms with Crippen molar-refractivity contribution in [3.8, 4) is 0 Å². The second-order valence-electron chi connectivity index (χ2n) is 13.1. The molecule has 4 fully saturated rings. The van der Waals surface area contributed by atoms with Crippen molar-refractivity contribution in [2.75, 3.05) is 0 Å². The summed E-state index contributed by atoms with van der Waals surface area (Å²) in [6.45, 7) is 7.63. The van der Waals surface area contributed by atoms with Crippen molar-refractivity contribution in [1.82, 2.24) is 0 Å². The number of allylic oxidation sites excluding steroid dienone is 6. The van der Waals surface area contributed by atoms with Gasteiger partial charge in [-0.25, -0.2) is 0 Å². The van der Waals surface area contributed by atoms with Crippen LogP contribution in [0.2, 0.25) is 0 Å². The summed E-state index contributed by atoms with van der Waals surface area (Å²) in [5.74, 6) is 4.76. The number of aliphatic hydroxyl groups excluding tert-OH is 2. The van der Waals surface area contributed by atoms with Gasteiger partial charge in [0.25, 0.3) is 0 Å². The molecule has 33 heavy (non-hydrogen) atoms. The lowest BCUT2D eigenvalue weighted by Crippen LogP contribution is -2.58. The summed E-state index contributed by atoms with van der Waals surface area (Å²) in [5.41, 5.74) is 0.693. The molecule has 0 amide bonds. The van der Waals surface area contributed by atoms with Gasteiger partial charge in [-0.3, -0.25) is 0 Å². The molecule has 4 saturated carbocycles. The van der Waals surface area contributed by atoms with Crippen LogP contribution < -0.4 is 0 Å². The fraction of sp³-hybridized carbons (Fsp3) is 0.806. The van der Waals surface area contributed by atoms with Crippen LogP contribution in [0, 0.1) is 52.3 Å². The van der Waals surface area contributed by atoms with E-state index in [-0.39, 0.29) is 17.6 Å². The molecule has 2 heteroatoms. The summed E-state index contributed by atoms with van der Waals surface area (Å²) in [5, 5.41) is 21.5. The van der Waals surface area contributed by atoms with Gasteiger partial charge < -0.3 is 10.2 Å². The molecule has 0 aromatic heterocycles. The lowest BCUT2D eigenvalue weighted by atomic mass is 9.44. The molecular weight excluding hydrogens is 404 g/mol. The Labute approximate surface area is 202 Å². The highest BCUT2D eigenvalue weighted by molar-refractivity contribution is 5.15. The van der Waals surface area contributed by atoms with Gasteiger partial charge in [0.15, 0.2) is 0 Å². The minimum Gasteiger partial charge on any atom is -0.393 e. The van der Waals surface area contributed by atoms with E-state index in [0.717, 1.165) is 55.8 Å². The molecular formula is C31H48O2. The first kappa shape index (κ1) is 23.9. The second-order valence-corrected chi connectivity index (χ2v) is 13.1. The van der Waals surface area contributed by atoms with Crippen LogP contribution in [0.25, 0.3) is 0 Å². The summed E-state index contributed by atoms with van der Waals surface area (Å²) in [6, 6.07) is 0. The third-order valence-corrected chi connectivity index (χ3v) is 11.6. The first-order chi connectivity index (χ1) is 15.8. The van der Waals surface area contributed by atoms with E-state index < -0.39 is 0 Å². The Morgan fingerprint density at radius 1 is 0.939 bits per heavy atom. The number of aliphatic hydroxyl groups is 2. The highest BCUT2D eigenvalue weighted by Gasteiger charge is 2.62. The molecule has 184 valence electrons. The zero-order valence-corrected chi connectivity index (χ0v) is 21.3. The van der Waals surface area contributed by atoms with Crippen LogP contribution in [0.5, 0.6) is 0 Å². The lowest BCUT2D eigenvalue weighted by molar-refractivity contribution is -0.172. The van der Waals surface area contributed by atoms with Crippen molar-refractivity contribution < 1.29 is 10.2 Å². The Morgan fingerprint density at radius 3 is 2.52 bits per heavy atom. The monoisotopic (exact) mass is 452 g/mol. The summed E-state index contributed by atoms with van der Waals surface area (Å²) < 4.78 is 0. The van der Waals surface area contributed by atoms with Gasteiger partial charge in [-0.05, 0) is 123 Å². The van der Waals surface area contributed by atoms with Crippen molar-refractivity contribution >= 4 is 0 Å². The van der Waals surface area contributed by atoms with E-state index in [0.29, 0.717) is 23.2 Å². The first-order valence-electron chi connectivity index (χ1n) is 14.2. The summed E-state index contributed by atoms with van der Waals surface area (Å²) >= 11 is 0. The molecule has 2 N–H and O–H groups in total. The Hall–Kier alpha value is -0.860. The van der Waals surface area contributed by atoms with Crippen LogP contribution in [-0.4, -0.2) is 22.4 Å². The summed E-state index contributed by atoms with van der Waals surface area (Å²) in [7, 11) is 0. The highest BCUT2D eigenvalue weighted by Crippen LogP contribution is 2.68. The van der Waals surface area contributed by atoms with Gasteiger partial charge in [0.05, 0.1) is 12.2 Å². The predicted octanol–water partition coefficient (Wildman–Crippen LogP) is 7.08. The SMILES string of the molecule is C[C@H](CC/C=C\C1C=CC=CC1)[C@H]1CCC2C3C[C@H](O)C4C[C@H](O)CCC4(C)C3CCC21C. The molecule has 11 atom stereocenters. The average molecular weight is 453 g/mol. The van der Waals surface area contributed by atoms with Crippen molar-refractivity contribution in [3.05, 3.63) is 36.5 Å². The van der Waals surface area contributed by atoms with Gasteiger partial charge in [-0.15, -0.1) is 0 Å². The molecule has 0 aromatic carbocycles. The van der Waals surface area contributed by atoms with Crippen molar-refractivity contribution in [1.29, 1.82) is 0 Å². The molecule has 0 heterocycles. The third kappa shape index (κ3) is 4.22. The topological polar surface area (TPSA) is 40.5 Å². The molecule has 0 radical (unpaired) electrons. The Kier molecular flexibility index (Phi) is 6.73. The Morgan fingerprint density at radius 2 is 1.73 bits per heavy atom. The zero-order chi connectivity index (χ0) is 23.2. The van der Waals surface area contributed by atoms with Crippen molar-refractivity contribution in [3.63, 3.8) is 0 Å². The molecule has 0 spiro atoms. The van der Waals surface area contributed by atoms with Gasteiger partial charge in [0.1, 0.15) is 0 Å². The van der Waals surface area contributed by atoms with Gasteiger partial charge in [-0.1, -0.05) is 57.2 Å². The van der Waals surface area contributed by atoms with Crippen LogP contribution in [0.3, 0.4) is 0 Å². The van der Waals surface area contributed by atoms with Crippen LogP contribution in [-0.2, 0) is 0 Å². The fourth-order valence-corrected chi connectivity index (χ4v) is 9.83. The molecule has 5 aliphatic rings. The van der Waals surface area contributed by atoms with Crippen LogP contribution in [0.15, 0.2) is 36.5 Å². The summed E-state index contributed by atoms with van der Waals surface area (Å²) in [6.07, 6.45) is 26.4. The first-order valence-corrected chi connectivity index (χ1v) is 14.2. The van der Waals surface area contributed by atoms with Gasteiger partial charge >= 0.3 is 0 Å². The largest absolute Gasteiger partial charge is 0.393 e. The van der Waals surface area contributed by atoms with Crippen molar-refractivity contribution in [2.24, 2.45) is 52.3 Å². The molecule has 2 nitrogen and oxygen atoms in total. The van der Waals surface area contributed by atoms with Crippen LogP contribution in [0.4, 0.5) is 0 Å². The number of hydrogen-bond acceptors (Lipinski definition) is 2. The van der Waals surface area contributed by atoms with Gasteiger partial charge in [-0.2, -0.15) is 0 Å². The van der Waals surface area contributed by atoms with E-state index in [4.69, 9.17) is 0 Å². The van der Waals surface area contributed by atoms with Crippen LogP contribution >= 0.6 is 0 Å². The van der Waals surface area contributed by atoms with E-state index in [2.05, 4.69) is 57.2 Å². The molecule has 0 aromatic rings. The predicted molar refractivity (Wildman–Crippen MR) is 137 cm³/mol. The number of rotatable bonds is 5. The van der Waals surface area contributed by atoms with E-state index in [9.17, 15) is 10.2 Å². The van der Waals surface area contributed by atoms with Crippen LogP contribution in [0.1, 0.15) is 91.4 Å². The highest BCUT2D eigenvalue weighted by atomic mass is 16.3. The molecule has 0 bridgehead atoms. The Balaban J connectivity index is 1.24. The maximum Gasteiger partial charge on any atom is 0.0577 e. The molecule has 7 unspecified atom stereocenters. The number of fused-ring (bicyclic) bond motifs is 5. The van der Waals surface area contributed by atoms with E-state index in [1.807, 2.05) is 0 Å². The second kappa shape index (κ2) is 9.30. The van der Waals surface area contributed by atoms with Gasteiger partial charge in [0, 0.05) is 0 Å². The summed E-state index contributed by atoms with van der Waals surface area (Å²) in [4.78, 5) is 0. The van der Waals surface area contributed by atoms with E-state index in [1.165, 1.54) is 38.5 Å². The maximum atomic E-state index is 11.2. The normalized spacial score (nSPS) is 50.1. The minimum absolute atomic E-state index is 0.195. The lowest BCUT2D eigenvalue weighted by Gasteiger charge is -2.62. The smallest absolute Gasteiger partial charge is 0.0577 e. The third-order valence-electron chi connectivity index (χ3n) is 11.6. The molecule has 5 aliphatic carbocycles. The molecule has 5 rings (SSSR count). The van der Waals surface area contributed by atoms with Gasteiger partial charge in [0.2, 0.25) is 0 Å². The van der Waals surface area contributed by atoms with E-state index in [1.54, 1.807) is 0 Å². The quantitative estimate of drug-likeness (QED) is 0.437. The maximum absolute atomic E-state index is 11.2. The standard InChI is InChI=1S/C31H48O2/c1-21(9-7-8-12-22-10-5-4-6-11-22)25-13-14-26-24-20-29(33)28-19-23(32)15-17-31(28,3)27(24)16-18-30(25,26)2/h4-6,8,10,12,21-29,32-33H,7,9,11,13-20H2,1-3H3/b12-8-/t21-,22?,23-,24?,25-,26?,27?,28?,29+,30?,31?/m1/s1.